The van der Waals surface area contributed by atoms with Gasteiger partial charge in [0.1, 0.15) is 5.01 Å². The van der Waals surface area contributed by atoms with E-state index in [2.05, 4.69) is 79.5 Å². The van der Waals surface area contributed by atoms with Crippen LogP contribution in [-0.2, 0) is 0 Å². The third kappa shape index (κ3) is 3.11. The van der Waals surface area contributed by atoms with Crippen molar-refractivity contribution >= 4 is 11.3 Å². The summed E-state index contributed by atoms with van der Waals surface area (Å²) < 4.78 is 0. The molecule has 0 radical (unpaired) electrons. The number of hydrogen-bond donors (Lipinski definition) is 0. The molecule has 0 unspecified atom stereocenters. The van der Waals surface area contributed by atoms with Crippen molar-refractivity contribution in [3.63, 3.8) is 0 Å². The highest BCUT2D eigenvalue weighted by Gasteiger charge is 2.17. The Morgan fingerprint density at radius 1 is 0.800 bits per heavy atom. The summed E-state index contributed by atoms with van der Waals surface area (Å²) in [6, 6.07) is 21.1. The lowest BCUT2D eigenvalue weighted by molar-refractivity contribution is 1.33. The average molecular weight is 342 g/mol. The summed E-state index contributed by atoms with van der Waals surface area (Å²) in [7, 11) is 0. The van der Waals surface area contributed by atoms with Crippen molar-refractivity contribution in [3.8, 4) is 32.3 Å². The van der Waals surface area contributed by atoms with Crippen LogP contribution in [0.2, 0.25) is 0 Å². The lowest BCUT2D eigenvalue weighted by Gasteiger charge is -2.03. The van der Waals surface area contributed by atoms with Crippen molar-refractivity contribution in [2.24, 2.45) is 0 Å². The quantitative estimate of drug-likeness (QED) is 0.446. The van der Waals surface area contributed by atoms with Crippen LogP contribution in [-0.4, -0.2) is 9.97 Å². The predicted octanol–water partition coefficient (Wildman–Crippen LogP) is 6.16. The van der Waals surface area contributed by atoms with Crippen molar-refractivity contribution in [1.29, 1.82) is 0 Å². The number of nitrogens with zero attached hydrogens (tertiary/aromatic N) is 2. The van der Waals surface area contributed by atoms with E-state index in [-0.39, 0.29) is 0 Å². The van der Waals surface area contributed by atoms with E-state index in [0.29, 0.717) is 0 Å². The molecule has 4 rings (SSSR count). The molecule has 0 N–H and O–H groups in total. The molecule has 25 heavy (non-hydrogen) atoms. The zero-order valence-corrected chi connectivity index (χ0v) is 15.0. The van der Waals surface area contributed by atoms with Crippen LogP contribution in [0.5, 0.6) is 0 Å². The molecule has 0 atom stereocenters. The minimum atomic E-state index is 1.04. The van der Waals surface area contributed by atoms with E-state index < -0.39 is 0 Å². The highest BCUT2D eigenvalue weighted by Crippen LogP contribution is 2.41. The van der Waals surface area contributed by atoms with Gasteiger partial charge >= 0.3 is 0 Å². The van der Waals surface area contributed by atoms with Crippen LogP contribution in [0.25, 0.3) is 32.3 Å². The molecule has 0 aliphatic heterocycles. The zero-order valence-electron chi connectivity index (χ0n) is 14.2. The topological polar surface area (TPSA) is 25.8 Å². The molecule has 4 aromatic rings. The number of thiazole rings is 1. The molecule has 0 fully saturated rings. The first kappa shape index (κ1) is 15.7. The van der Waals surface area contributed by atoms with Crippen molar-refractivity contribution < 1.29 is 0 Å². The second kappa shape index (κ2) is 6.61. The van der Waals surface area contributed by atoms with Gasteiger partial charge in [0.25, 0.3) is 0 Å². The van der Waals surface area contributed by atoms with Crippen LogP contribution in [0.4, 0.5) is 0 Å². The summed E-state index contributed by atoms with van der Waals surface area (Å²) in [5, 5.41) is 1.06. The summed E-state index contributed by atoms with van der Waals surface area (Å²) in [5.74, 6) is 0. The molecule has 0 spiro atoms. The molecule has 0 bridgehead atoms. The fourth-order valence-corrected chi connectivity index (χ4v) is 4.12. The molecule has 3 heteroatoms. The molecule has 2 aromatic heterocycles. The van der Waals surface area contributed by atoms with E-state index in [9.17, 15) is 0 Å². The van der Waals surface area contributed by atoms with Crippen molar-refractivity contribution in [2.75, 3.05) is 0 Å². The predicted molar refractivity (Wildman–Crippen MR) is 106 cm³/mol. The van der Waals surface area contributed by atoms with E-state index in [1.165, 1.54) is 21.6 Å². The highest BCUT2D eigenvalue weighted by molar-refractivity contribution is 7.19. The Morgan fingerprint density at radius 3 is 2.36 bits per heavy atom. The first-order valence-corrected chi connectivity index (χ1v) is 9.08. The maximum absolute atomic E-state index is 5.03. The maximum Gasteiger partial charge on any atom is 0.124 e. The minimum Gasteiger partial charge on any atom is -0.265 e. The fraction of sp³-hybridized carbons (Fsp3) is 0.0909. The molecule has 0 amide bonds. The molecule has 0 saturated carbocycles. The van der Waals surface area contributed by atoms with Gasteiger partial charge in [0.15, 0.2) is 0 Å². The minimum absolute atomic E-state index is 1.04. The molecule has 0 aliphatic carbocycles. The van der Waals surface area contributed by atoms with Gasteiger partial charge < -0.3 is 0 Å². The summed E-state index contributed by atoms with van der Waals surface area (Å²) in [4.78, 5) is 10.4. The molecular formula is C22H18N2S. The number of aryl methyl sites for hydroxylation is 2. The van der Waals surface area contributed by atoms with E-state index >= 15 is 0 Å². The molecule has 0 aliphatic rings. The number of aromatic nitrogens is 2. The van der Waals surface area contributed by atoms with Crippen LogP contribution < -0.4 is 0 Å². The summed E-state index contributed by atoms with van der Waals surface area (Å²) in [6.45, 7) is 4.25. The third-order valence-corrected chi connectivity index (χ3v) is 5.37. The monoisotopic (exact) mass is 342 g/mol. The number of rotatable bonds is 3. The molecular weight excluding hydrogens is 324 g/mol. The summed E-state index contributed by atoms with van der Waals surface area (Å²) in [6.07, 6.45) is 3.67. The van der Waals surface area contributed by atoms with E-state index in [1.807, 2.05) is 12.4 Å². The molecule has 2 nitrogen and oxygen atoms in total. The van der Waals surface area contributed by atoms with Crippen LogP contribution in [0.1, 0.15) is 11.1 Å². The van der Waals surface area contributed by atoms with E-state index in [4.69, 9.17) is 4.98 Å². The summed E-state index contributed by atoms with van der Waals surface area (Å²) >= 11 is 1.74. The largest absolute Gasteiger partial charge is 0.265 e. The van der Waals surface area contributed by atoms with E-state index in [0.717, 1.165) is 21.8 Å². The van der Waals surface area contributed by atoms with Gasteiger partial charge in [0.2, 0.25) is 0 Å². The number of benzene rings is 2. The van der Waals surface area contributed by atoms with E-state index in [1.54, 1.807) is 11.3 Å². The molecule has 2 aromatic carbocycles. The second-order valence-corrected chi connectivity index (χ2v) is 7.12. The lowest BCUT2D eigenvalue weighted by Crippen LogP contribution is -1.85. The van der Waals surface area contributed by atoms with Gasteiger partial charge in [-0.05, 0) is 43.2 Å². The SMILES string of the molecule is Cc1cccc(-c2nc(-c3ccccc3C)sc2-c2ccncc2)c1. The number of hydrogen-bond acceptors (Lipinski definition) is 3. The second-order valence-electron chi connectivity index (χ2n) is 6.12. The number of pyridine rings is 1. The Morgan fingerprint density at radius 2 is 1.60 bits per heavy atom. The zero-order chi connectivity index (χ0) is 17.2. The van der Waals surface area contributed by atoms with Crippen LogP contribution in [0, 0.1) is 13.8 Å². The Labute approximate surface area is 151 Å². The van der Waals surface area contributed by atoms with Crippen LogP contribution >= 0.6 is 11.3 Å². The van der Waals surface area contributed by atoms with Crippen molar-refractivity contribution in [1.82, 2.24) is 9.97 Å². The van der Waals surface area contributed by atoms with Gasteiger partial charge in [-0.2, -0.15) is 0 Å². The van der Waals surface area contributed by atoms with Gasteiger partial charge in [0, 0.05) is 23.5 Å². The van der Waals surface area contributed by atoms with Gasteiger partial charge in [-0.25, -0.2) is 4.98 Å². The van der Waals surface area contributed by atoms with Crippen molar-refractivity contribution in [3.05, 3.63) is 84.2 Å². The van der Waals surface area contributed by atoms with Gasteiger partial charge in [0.05, 0.1) is 10.6 Å². The van der Waals surface area contributed by atoms with Crippen LogP contribution in [0.3, 0.4) is 0 Å². The Balaban J connectivity index is 1.94. The lowest BCUT2D eigenvalue weighted by atomic mass is 10.1. The molecule has 122 valence electrons. The Bertz CT molecular complexity index is 1020. The first-order valence-electron chi connectivity index (χ1n) is 8.26. The smallest absolute Gasteiger partial charge is 0.124 e. The summed E-state index contributed by atoms with van der Waals surface area (Å²) in [5.41, 5.74) is 7.03. The average Bonchev–Trinajstić information content (AvgIpc) is 3.08. The maximum atomic E-state index is 5.03. The normalized spacial score (nSPS) is 10.8. The van der Waals surface area contributed by atoms with Crippen molar-refractivity contribution in [2.45, 2.75) is 13.8 Å². The van der Waals surface area contributed by atoms with Crippen LogP contribution in [0.15, 0.2) is 73.1 Å². The molecule has 0 saturated heterocycles. The standard InChI is InChI=1S/C22H18N2S/c1-15-6-5-8-18(14-15)20-21(17-10-12-23-13-11-17)25-22(24-20)19-9-4-3-7-16(19)2/h3-14H,1-2H3. The first-order chi connectivity index (χ1) is 12.2. The Kier molecular flexibility index (Phi) is 4.16. The van der Waals surface area contributed by atoms with Gasteiger partial charge in [-0.15, -0.1) is 11.3 Å². The molecule has 2 heterocycles. The fourth-order valence-electron chi connectivity index (χ4n) is 2.94. The highest BCUT2D eigenvalue weighted by atomic mass is 32.1. The van der Waals surface area contributed by atoms with Gasteiger partial charge in [-0.3, -0.25) is 4.98 Å². The van der Waals surface area contributed by atoms with Gasteiger partial charge in [-0.1, -0.05) is 48.0 Å². The third-order valence-electron chi connectivity index (χ3n) is 4.24. The Hall–Kier alpha value is -2.78.